The first-order valence-electron chi connectivity index (χ1n) is 7.34. The SMILES string of the molecule is CC1C(N)CCC(C(=O)NCCc2nccs2)C1(C)C. The van der Waals surface area contributed by atoms with Gasteiger partial charge in [0.05, 0.1) is 5.01 Å². The van der Waals surface area contributed by atoms with Gasteiger partial charge >= 0.3 is 0 Å². The van der Waals surface area contributed by atoms with Gasteiger partial charge in [-0.15, -0.1) is 11.3 Å². The molecular weight excluding hydrogens is 270 g/mol. The Morgan fingerprint density at radius 2 is 2.30 bits per heavy atom. The summed E-state index contributed by atoms with van der Waals surface area (Å²) in [5.41, 5.74) is 6.10. The standard InChI is InChI=1S/C15H25N3OS/c1-10-12(16)5-4-11(15(10,2)3)14(19)18-7-6-13-17-8-9-20-13/h8-12H,4-7,16H2,1-3H3,(H,18,19). The van der Waals surface area contributed by atoms with Crippen molar-refractivity contribution in [2.24, 2.45) is 23.0 Å². The first-order valence-corrected chi connectivity index (χ1v) is 8.22. The van der Waals surface area contributed by atoms with Crippen LogP contribution >= 0.6 is 11.3 Å². The van der Waals surface area contributed by atoms with Crippen LogP contribution in [0.2, 0.25) is 0 Å². The van der Waals surface area contributed by atoms with Gasteiger partial charge in [0.25, 0.3) is 0 Å². The van der Waals surface area contributed by atoms with Crippen LogP contribution in [0.25, 0.3) is 0 Å². The van der Waals surface area contributed by atoms with Gasteiger partial charge in [-0.25, -0.2) is 4.98 Å². The third kappa shape index (κ3) is 3.20. The normalized spacial score (nSPS) is 29.1. The highest BCUT2D eigenvalue weighted by molar-refractivity contribution is 7.09. The summed E-state index contributed by atoms with van der Waals surface area (Å²) in [5, 5.41) is 6.10. The molecular formula is C15H25N3OS. The molecule has 0 spiro atoms. The van der Waals surface area contributed by atoms with E-state index in [1.165, 1.54) is 0 Å². The minimum absolute atomic E-state index is 0.0388. The number of aromatic nitrogens is 1. The van der Waals surface area contributed by atoms with E-state index in [-0.39, 0.29) is 23.3 Å². The molecule has 3 atom stereocenters. The van der Waals surface area contributed by atoms with E-state index in [1.807, 2.05) is 5.38 Å². The Labute approximate surface area is 125 Å². The number of thiazole rings is 1. The first-order chi connectivity index (χ1) is 9.43. The summed E-state index contributed by atoms with van der Waals surface area (Å²) < 4.78 is 0. The van der Waals surface area contributed by atoms with Crippen molar-refractivity contribution in [1.82, 2.24) is 10.3 Å². The number of nitrogens with zero attached hydrogens (tertiary/aromatic N) is 1. The number of hydrogen-bond acceptors (Lipinski definition) is 4. The van der Waals surface area contributed by atoms with Crippen LogP contribution in [0.3, 0.4) is 0 Å². The summed E-state index contributed by atoms with van der Waals surface area (Å²) in [6.07, 6.45) is 4.44. The molecule has 0 bridgehead atoms. The van der Waals surface area contributed by atoms with E-state index >= 15 is 0 Å². The molecule has 1 aromatic rings. The second-order valence-electron chi connectivity index (χ2n) is 6.37. The zero-order valence-electron chi connectivity index (χ0n) is 12.6. The third-order valence-corrected chi connectivity index (χ3v) is 5.78. The van der Waals surface area contributed by atoms with Gasteiger partial charge < -0.3 is 11.1 Å². The molecule has 1 aliphatic rings. The molecule has 20 heavy (non-hydrogen) atoms. The Morgan fingerprint density at radius 3 is 2.95 bits per heavy atom. The number of carbonyl (C=O) groups excluding carboxylic acids is 1. The van der Waals surface area contributed by atoms with E-state index in [9.17, 15) is 4.79 Å². The van der Waals surface area contributed by atoms with Crippen LogP contribution in [0.4, 0.5) is 0 Å². The lowest BCUT2D eigenvalue weighted by atomic mass is 9.61. The highest BCUT2D eigenvalue weighted by Gasteiger charge is 2.44. The smallest absolute Gasteiger partial charge is 0.223 e. The van der Waals surface area contributed by atoms with Crippen molar-refractivity contribution in [2.75, 3.05) is 6.54 Å². The molecule has 1 fully saturated rings. The molecule has 1 saturated carbocycles. The summed E-state index contributed by atoms with van der Waals surface area (Å²) in [7, 11) is 0. The van der Waals surface area contributed by atoms with Gasteiger partial charge in [-0.1, -0.05) is 20.8 Å². The summed E-state index contributed by atoms with van der Waals surface area (Å²) in [4.78, 5) is 16.7. The molecule has 5 heteroatoms. The molecule has 1 aliphatic carbocycles. The largest absolute Gasteiger partial charge is 0.355 e. The molecule has 1 aromatic heterocycles. The molecule has 4 nitrogen and oxygen atoms in total. The van der Waals surface area contributed by atoms with Crippen molar-refractivity contribution in [3.8, 4) is 0 Å². The number of nitrogens with one attached hydrogen (secondary N) is 1. The van der Waals surface area contributed by atoms with Crippen molar-refractivity contribution >= 4 is 17.2 Å². The predicted octanol–water partition coefficient (Wildman–Crippen LogP) is 2.20. The second-order valence-corrected chi connectivity index (χ2v) is 7.35. The predicted molar refractivity (Wildman–Crippen MR) is 82.5 cm³/mol. The van der Waals surface area contributed by atoms with Crippen LogP contribution in [0.15, 0.2) is 11.6 Å². The zero-order valence-corrected chi connectivity index (χ0v) is 13.4. The molecule has 0 radical (unpaired) electrons. The van der Waals surface area contributed by atoms with E-state index in [0.717, 1.165) is 24.3 Å². The maximum absolute atomic E-state index is 12.4. The van der Waals surface area contributed by atoms with Crippen LogP contribution < -0.4 is 11.1 Å². The van der Waals surface area contributed by atoms with E-state index in [0.29, 0.717) is 12.5 Å². The number of amides is 1. The van der Waals surface area contributed by atoms with Crippen molar-refractivity contribution in [3.63, 3.8) is 0 Å². The number of hydrogen-bond donors (Lipinski definition) is 2. The summed E-state index contributed by atoms with van der Waals surface area (Å²) in [6.45, 7) is 7.17. The van der Waals surface area contributed by atoms with Crippen molar-refractivity contribution in [1.29, 1.82) is 0 Å². The Balaban J connectivity index is 1.88. The molecule has 0 aliphatic heterocycles. The number of carbonyl (C=O) groups is 1. The molecule has 1 amide bonds. The topological polar surface area (TPSA) is 68.0 Å². The fourth-order valence-electron chi connectivity index (χ4n) is 3.11. The fraction of sp³-hybridized carbons (Fsp3) is 0.733. The minimum atomic E-state index is -0.0388. The maximum Gasteiger partial charge on any atom is 0.223 e. The van der Waals surface area contributed by atoms with Gasteiger partial charge in [0.2, 0.25) is 5.91 Å². The van der Waals surface area contributed by atoms with Gasteiger partial charge in [-0.2, -0.15) is 0 Å². The Kier molecular flexibility index (Phi) is 4.81. The average molecular weight is 295 g/mol. The quantitative estimate of drug-likeness (QED) is 0.895. The van der Waals surface area contributed by atoms with Crippen molar-refractivity contribution in [2.45, 2.75) is 46.1 Å². The Morgan fingerprint density at radius 1 is 1.55 bits per heavy atom. The third-order valence-electron chi connectivity index (χ3n) is 4.94. The molecule has 112 valence electrons. The highest BCUT2D eigenvalue weighted by Crippen LogP contribution is 2.44. The van der Waals surface area contributed by atoms with Crippen molar-refractivity contribution in [3.05, 3.63) is 16.6 Å². The van der Waals surface area contributed by atoms with E-state index in [4.69, 9.17) is 5.73 Å². The highest BCUT2D eigenvalue weighted by atomic mass is 32.1. The summed E-state index contributed by atoms with van der Waals surface area (Å²) in [5.74, 6) is 0.602. The second kappa shape index (κ2) is 6.22. The molecule has 2 rings (SSSR count). The van der Waals surface area contributed by atoms with E-state index in [2.05, 4.69) is 31.1 Å². The molecule has 0 saturated heterocycles. The van der Waals surface area contributed by atoms with Gasteiger partial charge in [0.15, 0.2) is 0 Å². The lowest BCUT2D eigenvalue weighted by Gasteiger charge is -2.46. The first kappa shape index (κ1) is 15.4. The van der Waals surface area contributed by atoms with Crippen LogP contribution in [0.5, 0.6) is 0 Å². The zero-order chi connectivity index (χ0) is 14.8. The number of nitrogens with two attached hydrogens (primary N) is 1. The summed E-state index contributed by atoms with van der Waals surface area (Å²) in [6, 6.07) is 0.212. The van der Waals surface area contributed by atoms with Gasteiger partial charge in [-0.05, 0) is 24.2 Å². The molecule has 1 heterocycles. The molecule has 0 aromatic carbocycles. The Hall–Kier alpha value is -0.940. The van der Waals surface area contributed by atoms with Crippen LogP contribution in [0, 0.1) is 17.3 Å². The lowest BCUT2D eigenvalue weighted by molar-refractivity contribution is -0.132. The van der Waals surface area contributed by atoms with Crippen LogP contribution in [-0.4, -0.2) is 23.5 Å². The lowest BCUT2D eigenvalue weighted by Crippen LogP contribution is -2.51. The van der Waals surface area contributed by atoms with Crippen LogP contribution in [-0.2, 0) is 11.2 Å². The van der Waals surface area contributed by atoms with Crippen LogP contribution in [0.1, 0.15) is 38.6 Å². The number of rotatable bonds is 4. The van der Waals surface area contributed by atoms with E-state index < -0.39 is 0 Å². The maximum atomic E-state index is 12.4. The van der Waals surface area contributed by atoms with Gasteiger partial charge in [0, 0.05) is 36.5 Å². The minimum Gasteiger partial charge on any atom is -0.355 e. The molecule has 3 N–H and O–H groups in total. The van der Waals surface area contributed by atoms with Crippen molar-refractivity contribution < 1.29 is 4.79 Å². The Bertz CT molecular complexity index is 444. The average Bonchev–Trinajstić information content (AvgIpc) is 2.89. The van der Waals surface area contributed by atoms with Gasteiger partial charge in [-0.3, -0.25) is 4.79 Å². The fourth-order valence-corrected chi connectivity index (χ4v) is 3.73. The monoisotopic (exact) mass is 295 g/mol. The van der Waals surface area contributed by atoms with E-state index in [1.54, 1.807) is 17.5 Å². The molecule has 3 unspecified atom stereocenters. The summed E-state index contributed by atoms with van der Waals surface area (Å²) >= 11 is 1.63. The van der Waals surface area contributed by atoms with Gasteiger partial charge in [0.1, 0.15) is 0 Å².